The van der Waals surface area contributed by atoms with Crippen LogP contribution in [0.25, 0.3) is 0 Å². The molecule has 0 aliphatic rings. The SMILES string of the molecule is Cc1ccc(F)cc1S(=O)(=O)NC/C=C/CCl. The minimum atomic E-state index is -3.68. The van der Waals surface area contributed by atoms with Crippen molar-refractivity contribution < 1.29 is 12.8 Å². The Hall–Kier alpha value is -0.910. The van der Waals surface area contributed by atoms with Crippen molar-refractivity contribution in [3.05, 3.63) is 41.7 Å². The van der Waals surface area contributed by atoms with Crippen LogP contribution in [0, 0.1) is 12.7 Å². The maximum atomic E-state index is 13.0. The van der Waals surface area contributed by atoms with E-state index in [2.05, 4.69) is 4.72 Å². The van der Waals surface area contributed by atoms with Gasteiger partial charge in [0, 0.05) is 12.4 Å². The lowest BCUT2D eigenvalue weighted by Gasteiger charge is -2.07. The number of aryl methyl sites for hydroxylation is 1. The van der Waals surface area contributed by atoms with Crippen LogP contribution in [-0.2, 0) is 10.0 Å². The van der Waals surface area contributed by atoms with E-state index in [0.717, 1.165) is 6.07 Å². The molecule has 0 aromatic heterocycles. The van der Waals surface area contributed by atoms with Crippen molar-refractivity contribution in [2.45, 2.75) is 11.8 Å². The van der Waals surface area contributed by atoms with Crippen LogP contribution in [-0.4, -0.2) is 20.8 Å². The van der Waals surface area contributed by atoms with Crippen LogP contribution in [0.2, 0.25) is 0 Å². The van der Waals surface area contributed by atoms with Gasteiger partial charge in [-0.15, -0.1) is 11.6 Å². The number of halogens is 2. The van der Waals surface area contributed by atoms with Gasteiger partial charge in [0.1, 0.15) is 5.82 Å². The summed E-state index contributed by atoms with van der Waals surface area (Å²) in [6.45, 7) is 1.74. The summed E-state index contributed by atoms with van der Waals surface area (Å²) in [7, 11) is -3.68. The molecule has 1 rings (SSSR count). The van der Waals surface area contributed by atoms with Gasteiger partial charge in [-0.1, -0.05) is 18.2 Å². The Morgan fingerprint density at radius 3 is 2.76 bits per heavy atom. The first-order valence-electron chi connectivity index (χ1n) is 4.94. The highest BCUT2D eigenvalue weighted by atomic mass is 35.5. The number of nitrogens with one attached hydrogen (secondary N) is 1. The van der Waals surface area contributed by atoms with Gasteiger partial charge in [0.15, 0.2) is 0 Å². The Balaban J connectivity index is 2.89. The van der Waals surface area contributed by atoms with Crippen molar-refractivity contribution in [2.24, 2.45) is 0 Å². The van der Waals surface area contributed by atoms with Crippen molar-refractivity contribution in [1.82, 2.24) is 4.72 Å². The molecule has 0 aliphatic heterocycles. The van der Waals surface area contributed by atoms with E-state index < -0.39 is 15.8 Å². The highest BCUT2D eigenvalue weighted by molar-refractivity contribution is 7.89. The fourth-order valence-electron chi connectivity index (χ4n) is 1.25. The fraction of sp³-hybridized carbons (Fsp3) is 0.273. The van der Waals surface area contributed by atoms with Crippen LogP contribution in [0.4, 0.5) is 4.39 Å². The molecule has 6 heteroatoms. The van der Waals surface area contributed by atoms with Gasteiger partial charge in [0.05, 0.1) is 4.90 Å². The highest BCUT2D eigenvalue weighted by Gasteiger charge is 2.16. The lowest BCUT2D eigenvalue weighted by Crippen LogP contribution is -2.24. The van der Waals surface area contributed by atoms with Crippen molar-refractivity contribution in [2.75, 3.05) is 12.4 Å². The second-order valence-corrected chi connectivity index (χ2v) is 5.43. The third-order valence-corrected chi connectivity index (χ3v) is 3.83. The Bertz CT molecular complexity index is 514. The van der Waals surface area contributed by atoms with Crippen LogP contribution in [0.15, 0.2) is 35.2 Å². The molecule has 1 aromatic rings. The predicted octanol–water partition coefficient (Wildman–Crippen LogP) is 2.21. The van der Waals surface area contributed by atoms with E-state index in [1.807, 2.05) is 0 Å². The van der Waals surface area contributed by atoms with E-state index >= 15 is 0 Å². The number of hydrogen-bond donors (Lipinski definition) is 1. The van der Waals surface area contributed by atoms with Crippen LogP contribution in [0.5, 0.6) is 0 Å². The van der Waals surface area contributed by atoms with Crippen LogP contribution < -0.4 is 4.72 Å². The second kappa shape index (κ2) is 6.14. The zero-order valence-corrected chi connectivity index (χ0v) is 10.9. The molecular formula is C11H13ClFNO2S. The lowest BCUT2D eigenvalue weighted by atomic mass is 10.2. The molecule has 0 atom stereocenters. The van der Waals surface area contributed by atoms with E-state index in [-0.39, 0.29) is 11.4 Å². The van der Waals surface area contributed by atoms with E-state index in [9.17, 15) is 12.8 Å². The molecule has 0 saturated carbocycles. The van der Waals surface area contributed by atoms with E-state index in [1.54, 1.807) is 19.1 Å². The molecule has 0 fully saturated rings. The lowest BCUT2D eigenvalue weighted by molar-refractivity contribution is 0.580. The topological polar surface area (TPSA) is 46.2 Å². The average Bonchev–Trinajstić information content (AvgIpc) is 2.28. The number of sulfonamides is 1. The quantitative estimate of drug-likeness (QED) is 0.662. The molecule has 0 spiro atoms. The maximum absolute atomic E-state index is 13.0. The molecular weight excluding hydrogens is 265 g/mol. The molecule has 17 heavy (non-hydrogen) atoms. The molecule has 0 saturated heterocycles. The molecule has 0 bridgehead atoms. The van der Waals surface area contributed by atoms with Gasteiger partial charge in [0.2, 0.25) is 10.0 Å². The van der Waals surface area contributed by atoms with Crippen LogP contribution >= 0.6 is 11.6 Å². The Morgan fingerprint density at radius 1 is 1.41 bits per heavy atom. The Morgan fingerprint density at radius 2 is 2.12 bits per heavy atom. The summed E-state index contributed by atoms with van der Waals surface area (Å²) in [5, 5.41) is 0. The first-order valence-corrected chi connectivity index (χ1v) is 6.96. The average molecular weight is 278 g/mol. The first-order chi connectivity index (χ1) is 7.97. The predicted molar refractivity (Wildman–Crippen MR) is 66.2 cm³/mol. The van der Waals surface area contributed by atoms with Gasteiger partial charge in [-0.05, 0) is 24.6 Å². The monoisotopic (exact) mass is 277 g/mol. The Kier molecular flexibility index (Phi) is 5.11. The number of rotatable bonds is 5. The molecule has 0 radical (unpaired) electrons. The third kappa shape index (κ3) is 4.11. The molecule has 3 nitrogen and oxygen atoms in total. The molecule has 0 heterocycles. The second-order valence-electron chi connectivity index (χ2n) is 3.39. The van der Waals surface area contributed by atoms with E-state index in [1.165, 1.54) is 12.1 Å². The largest absolute Gasteiger partial charge is 0.241 e. The summed E-state index contributed by atoms with van der Waals surface area (Å²) in [4.78, 5) is -0.0447. The van der Waals surface area contributed by atoms with Crippen LogP contribution in [0.1, 0.15) is 5.56 Å². The number of benzene rings is 1. The maximum Gasteiger partial charge on any atom is 0.241 e. The zero-order chi connectivity index (χ0) is 12.9. The first kappa shape index (κ1) is 14.2. The van der Waals surface area contributed by atoms with Gasteiger partial charge in [-0.2, -0.15) is 0 Å². The number of alkyl halides is 1. The smallest absolute Gasteiger partial charge is 0.207 e. The zero-order valence-electron chi connectivity index (χ0n) is 9.28. The molecule has 94 valence electrons. The van der Waals surface area contributed by atoms with Gasteiger partial charge in [0.25, 0.3) is 0 Å². The number of hydrogen-bond acceptors (Lipinski definition) is 2. The molecule has 1 N–H and O–H groups in total. The van der Waals surface area contributed by atoms with Gasteiger partial charge < -0.3 is 0 Å². The van der Waals surface area contributed by atoms with Gasteiger partial charge in [-0.3, -0.25) is 0 Å². The van der Waals surface area contributed by atoms with Crippen molar-refractivity contribution in [1.29, 1.82) is 0 Å². The third-order valence-electron chi connectivity index (χ3n) is 2.09. The van der Waals surface area contributed by atoms with Crippen molar-refractivity contribution >= 4 is 21.6 Å². The normalized spacial score (nSPS) is 12.2. The molecule has 1 aromatic carbocycles. The molecule has 0 amide bonds. The highest BCUT2D eigenvalue weighted by Crippen LogP contribution is 2.15. The summed E-state index contributed by atoms with van der Waals surface area (Å²) < 4.78 is 39.0. The summed E-state index contributed by atoms with van der Waals surface area (Å²) in [6, 6.07) is 3.66. The van der Waals surface area contributed by atoms with Crippen LogP contribution in [0.3, 0.4) is 0 Å². The van der Waals surface area contributed by atoms with Crippen molar-refractivity contribution in [3.63, 3.8) is 0 Å². The Labute approximate surface area is 105 Å². The number of allylic oxidation sites excluding steroid dienone is 1. The van der Waals surface area contributed by atoms with E-state index in [4.69, 9.17) is 11.6 Å². The summed E-state index contributed by atoms with van der Waals surface area (Å²) in [5.41, 5.74) is 0.500. The summed E-state index contributed by atoms with van der Waals surface area (Å²) >= 11 is 5.40. The van der Waals surface area contributed by atoms with Gasteiger partial charge >= 0.3 is 0 Å². The standard InChI is InChI=1S/C11H13ClFNO2S/c1-9-4-5-10(13)8-11(9)17(15,16)14-7-3-2-6-12/h2-5,8,14H,6-7H2,1H3/b3-2+. The summed E-state index contributed by atoms with van der Waals surface area (Å²) in [6.07, 6.45) is 3.22. The van der Waals surface area contributed by atoms with Gasteiger partial charge in [-0.25, -0.2) is 17.5 Å². The van der Waals surface area contributed by atoms with E-state index in [0.29, 0.717) is 11.4 Å². The minimum absolute atomic E-state index is 0.0447. The van der Waals surface area contributed by atoms with Crippen molar-refractivity contribution in [3.8, 4) is 0 Å². The molecule has 0 aliphatic carbocycles. The fourth-order valence-corrected chi connectivity index (χ4v) is 2.60. The molecule has 0 unspecified atom stereocenters. The minimum Gasteiger partial charge on any atom is -0.207 e. The summed E-state index contributed by atoms with van der Waals surface area (Å²) in [5.74, 6) is -0.256.